The van der Waals surface area contributed by atoms with E-state index in [0.29, 0.717) is 5.56 Å². The van der Waals surface area contributed by atoms with Crippen LogP contribution in [0.1, 0.15) is 24.0 Å². The van der Waals surface area contributed by atoms with E-state index >= 15 is 0 Å². The van der Waals surface area contributed by atoms with Gasteiger partial charge in [0, 0.05) is 12.5 Å². The molecule has 2 amide bonds. The molecule has 1 atom stereocenters. The van der Waals surface area contributed by atoms with E-state index in [1.165, 1.54) is 12.1 Å². The number of nitrogens with one attached hydrogen (secondary N) is 1. The number of hydrogen-bond acceptors (Lipinski definition) is 2. The lowest BCUT2D eigenvalue weighted by atomic mass is 10.0. The molecule has 8 heteroatoms. The Hall–Kier alpha value is -2.25. The molecule has 0 saturated carbocycles. The first-order valence-electron chi connectivity index (χ1n) is 6.12. The smallest absolute Gasteiger partial charge is 0.416 e. The first-order chi connectivity index (χ1) is 9.68. The molecule has 0 saturated heterocycles. The van der Waals surface area contributed by atoms with Crippen molar-refractivity contribution in [2.75, 3.05) is 0 Å². The fourth-order valence-electron chi connectivity index (χ4n) is 1.83. The van der Waals surface area contributed by atoms with Crippen molar-refractivity contribution in [2.45, 2.75) is 31.5 Å². The molecule has 0 spiro atoms. The molecule has 116 valence electrons. The van der Waals surface area contributed by atoms with Gasteiger partial charge < -0.3 is 16.2 Å². The van der Waals surface area contributed by atoms with Crippen molar-refractivity contribution in [3.63, 3.8) is 0 Å². The van der Waals surface area contributed by atoms with E-state index in [4.69, 9.17) is 10.8 Å². The van der Waals surface area contributed by atoms with E-state index in [1.807, 2.05) is 0 Å². The molecule has 1 aromatic carbocycles. The Morgan fingerprint density at radius 1 is 1.24 bits per heavy atom. The van der Waals surface area contributed by atoms with Gasteiger partial charge in [0.2, 0.25) is 5.91 Å². The Balaban J connectivity index is 2.73. The Bertz CT molecular complexity index is 500. The highest BCUT2D eigenvalue weighted by Crippen LogP contribution is 2.29. The normalized spacial score (nSPS) is 12.7. The summed E-state index contributed by atoms with van der Waals surface area (Å²) in [6.07, 6.45) is -5.33. The summed E-state index contributed by atoms with van der Waals surface area (Å²) in [6, 6.07) is 3.84. The van der Waals surface area contributed by atoms with E-state index in [2.05, 4.69) is 5.32 Å². The second kappa shape index (κ2) is 6.96. The van der Waals surface area contributed by atoms with Gasteiger partial charge in [0.1, 0.15) is 0 Å². The summed E-state index contributed by atoms with van der Waals surface area (Å²) in [6.45, 7) is 0. The average Bonchev–Trinajstić information content (AvgIpc) is 2.35. The van der Waals surface area contributed by atoms with Crippen LogP contribution in [0, 0.1) is 0 Å². The van der Waals surface area contributed by atoms with Gasteiger partial charge >= 0.3 is 12.3 Å². The number of hydrogen-bond donors (Lipinski definition) is 3. The summed E-state index contributed by atoms with van der Waals surface area (Å²) < 4.78 is 37.3. The lowest BCUT2D eigenvalue weighted by molar-refractivity contribution is -0.137. The highest BCUT2D eigenvalue weighted by atomic mass is 19.4. The molecule has 0 radical (unpaired) electrons. The summed E-state index contributed by atoms with van der Waals surface area (Å²) in [4.78, 5) is 21.4. The summed E-state index contributed by atoms with van der Waals surface area (Å²) in [5.74, 6) is -0.570. The van der Waals surface area contributed by atoms with Crippen molar-refractivity contribution >= 4 is 12.0 Å². The molecule has 0 aliphatic carbocycles. The SMILES string of the molecule is NC(=O)CCC(Cc1ccc(C(F)(F)F)cc1)NC(=O)O. The van der Waals surface area contributed by atoms with Crippen LogP contribution >= 0.6 is 0 Å². The zero-order valence-electron chi connectivity index (χ0n) is 11.0. The minimum absolute atomic E-state index is 0.00835. The minimum Gasteiger partial charge on any atom is -0.465 e. The Kier molecular flexibility index (Phi) is 5.57. The van der Waals surface area contributed by atoms with Crippen molar-refractivity contribution in [1.29, 1.82) is 0 Å². The molecule has 21 heavy (non-hydrogen) atoms. The predicted octanol–water partition coefficient (Wildman–Crippen LogP) is 2.15. The number of carboxylic acid groups (broad SMARTS) is 1. The quantitative estimate of drug-likeness (QED) is 0.752. The van der Waals surface area contributed by atoms with Gasteiger partial charge in [-0.15, -0.1) is 0 Å². The van der Waals surface area contributed by atoms with Crippen LogP contribution in [-0.4, -0.2) is 23.1 Å². The lowest BCUT2D eigenvalue weighted by Crippen LogP contribution is -2.36. The van der Waals surface area contributed by atoms with E-state index < -0.39 is 29.8 Å². The highest BCUT2D eigenvalue weighted by Gasteiger charge is 2.30. The van der Waals surface area contributed by atoms with Crippen molar-refractivity contribution in [3.05, 3.63) is 35.4 Å². The maximum absolute atomic E-state index is 12.4. The van der Waals surface area contributed by atoms with Crippen LogP contribution in [-0.2, 0) is 17.4 Å². The molecule has 0 fully saturated rings. The first-order valence-corrected chi connectivity index (χ1v) is 6.12. The average molecular weight is 304 g/mol. The fourth-order valence-corrected chi connectivity index (χ4v) is 1.83. The largest absolute Gasteiger partial charge is 0.465 e. The van der Waals surface area contributed by atoms with Crippen LogP contribution in [0.2, 0.25) is 0 Å². The van der Waals surface area contributed by atoms with E-state index in [1.54, 1.807) is 0 Å². The predicted molar refractivity (Wildman–Crippen MR) is 68.5 cm³/mol. The van der Waals surface area contributed by atoms with Crippen molar-refractivity contribution in [2.24, 2.45) is 5.73 Å². The van der Waals surface area contributed by atoms with Gasteiger partial charge in [-0.25, -0.2) is 4.79 Å². The fraction of sp³-hybridized carbons (Fsp3) is 0.385. The Morgan fingerprint density at radius 2 is 1.81 bits per heavy atom. The maximum atomic E-state index is 12.4. The Labute approximate surface area is 118 Å². The number of nitrogens with two attached hydrogens (primary N) is 1. The van der Waals surface area contributed by atoms with Crippen LogP contribution in [0.15, 0.2) is 24.3 Å². The third kappa shape index (κ3) is 6.15. The standard InChI is InChI=1S/C13H15F3N2O3/c14-13(15,16)9-3-1-8(2-4-9)7-10(18-12(20)21)5-6-11(17)19/h1-4,10,18H,5-7H2,(H2,17,19)(H,20,21). The van der Waals surface area contributed by atoms with Crippen LogP contribution in [0.25, 0.3) is 0 Å². The van der Waals surface area contributed by atoms with Gasteiger partial charge in [-0.1, -0.05) is 12.1 Å². The lowest BCUT2D eigenvalue weighted by Gasteiger charge is -2.16. The summed E-state index contributed by atoms with van der Waals surface area (Å²) in [5, 5.41) is 10.9. The minimum atomic E-state index is -4.41. The Morgan fingerprint density at radius 3 is 2.24 bits per heavy atom. The number of primary amides is 1. The van der Waals surface area contributed by atoms with E-state index in [9.17, 15) is 22.8 Å². The number of halogens is 3. The van der Waals surface area contributed by atoms with Gasteiger partial charge in [0.15, 0.2) is 0 Å². The number of benzene rings is 1. The zero-order chi connectivity index (χ0) is 16.0. The van der Waals surface area contributed by atoms with Gasteiger partial charge in [0.05, 0.1) is 5.56 Å². The third-order valence-electron chi connectivity index (χ3n) is 2.83. The number of carbonyl (C=O) groups excluding carboxylic acids is 1. The topological polar surface area (TPSA) is 92.4 Å². The second-order valence-corrected chi connectivity index (χ2v) is 4.55. The molecule has 0 heterocycles. The number of amides is 2. The molecule has 1 rings (SSSR count). The van der Waals surface area contributed by atoms with Gasteiger partial charge in [-0.3, -0.25) is 4.79 Å². The second-order valence-electron chi connectivity index (χ2n) is 4.55. The van der Waals surface area contributed by atoms with Gasteiger partial charge in [0.25, 0.3) is 0 Å². The number of rotatable bonds is 6. The zero-order valence-corrected chi connectivity index (χ0v) is 11.0. The van der Waals surface area contributed by atoms with Crippen molar-refractivity contribution in [3.8, 4) is 0 Å². The van der Waals surface area contributed by atoms with Crippen molar-refractivity contribution < 1.29 is 27.9 Å². The monoisotopic (exact) mass is 304 g/mol. The van der Waals surface area contributed by atoms with E-state index in [-0.39, 0.29) is 19.3 Å². The van der Waals surface area contributed by atoms with Crippen LogP contribution in [0.4, 0.5) is 18.0 Å². The molecule has 0 aliphatic rings. The van der Waals surface area contributed by atoms with Gasteiger partial charge in [-0.2, -0.15) is 13.2 Å². The summed E-state index contributed by atoms with van der Waals surface area (Å²) >= 11 is 0. The molecule has 0 aromatic heterocycles. The van der Waals surface area contributed by atoms with Crippen LogP contribution in [0.3, 0.4) is 0 Å². The molecular weight excluding hydrogens is 289 g/mol. The highest BCUT2D eigenvalue weighted by molar-refractivity contribution is 5.73. The number of carbonyl (C=O) groups is 2. The molecule has 5 nitrogen and oxygen atoms in total. The molecule has 1 aromatic rings. The van der Waals surface area contributed by atoms with Gasteiger partial charge in [-0.05, 0) is 30.5 Å². The maximum Gasteiger partial charge on any atom is 0.416 e. The molecule has 0 aliphatic heterocycles. The number of alkyl halides is 3. The van der Waals surface area contributed by atoms with Crippen LogP contribution in [0.5, 0.6) is 0 Å². The summed E-state index contributed by atoms with van der Waals surface area (Å²) in [7, 11) is 0. The van der Waals surface area contributed by atoms with Crippen molar-refractivity contribution in [1.82, 2.24) is 5.32 Å². The van der Waals surface area contributed by atoms with Crippen LogP contribution < -0.4 is 11.1 Å². The molecular formula is C13H15F3N2O3. The molecule has 4 N–H and O–H groups in total. The molecule has 0 bridgehead atoms. The molecule has 1 unspecified atom stereocenters. The van der Waals surface area contributed by atoms with E-state index in [0.717, 1.165) is 12.1 Å². The summed E-state index contributed by atoms with van der Waals surface area (Å²) in [5.41, 5.74) is 4.75. The third-order valence-corrected chi connectivity index (χ3v) is 2.83. The first kappa shape index (κ1) is 16.8.